The molecule has 0 bridgehead atoms. The van der Waals surface area contributed by atoms with E-state index in [-0.39, 0.29) is 0 Å². The standard InChI is InChI=1S/C12H11N5S/c1-7-5-8-10(13-2)16-11(17-12(8)18-7)9-3-4-14-6-15-9/h3-6H,1-2H3,(H,13,16,17). The van der Waals surface area contributed by atoms with Crippen LogP contribution in [0, 0.1) is 6.92 Å². The lowest BCUT2D eigenvalue weighted by Gasteiger charge is -2.04. The third-order valence-electron chi connectivity index (χ3n) is 2.56. The minimum atomic E-state index is 0.621. The minimum Gasteiger partial charge on any atom is -0.372 e. The Bertz CT molecular complexity index is 692. The van der Waals surface area contributed by atoms with Crippen LogP contribution in [0.1, 0.15) is 4.88 Å². The molecule has 0 saturated heterocycles. The number of aryl methyl sites for hydroxylation is 1. The highest BCUT2D eigenvalue weighted by Gasteiger charge is 2.11. The van der Waals surface area contributed by atoms with Crippen LogP contribution in [0.3, 0.4) is 0 Å². The molecule has 0 aromatic carbocycles. The zero-order chi connectivity index (χ0) is 12.5. The van der Waals surface area contributed by atoms with Gasteiger partial charge in [0.15, 0.2) is 5.82 Å². The molecule has 0 atom stereocenters. The summed E-state index contributed by atoms with van der Waals surface area (Å²) in [5.41, 5.74) is 0.731. The molecule has 0 radical (unpaired) electrons. The van der Waals surface area contributed by atoms with Crippen molar-refractivity contribution in [1.29, 1.82) is 0 Å². The highest BCUT2D eigenvalue weighted by atomic mass is 32.1. The molecule has 6 heteroatoms. The molecule has 0 saturated carbocycles. The maximum atomic E-state index is 4.55. The Balaban J connectivity index is 2.25. The van der Waals surface area contributed by atoms with Crippen LogP contribution in [0.2, 0.25) is 0 Å². The first-order chi connectivity index (χ1) is 8.78. The third kappa shape index (κ3) is 1.80. The van der Waals surface area contributed by atoms with Gasteiger partial charge in [-0.25, -0.2) is 19.9 Å². The lowest BCUT2D eigenvalue weighted by Crippen LogP contribution is -1.98. The van der Waals surface area contributed by atoms with Gasteiger partial charge in [0.25, 0.3) is 0 Å². The van der Waals surface area contributed by atoms with Crippen LogP contribution in [0.4, 0.5) is 5.82 Å². The molecular weight excluding hydrogens is 246 g/mol. The van der Waals surface area contributed by atoms with Gasteiger partial charge in [-0.2, -0.15) is 0 Å². The lowest BCUT2D eigenvalue weighted by molar-refractivity contribution is 1.12. The van der Waals surface area contributed by atoms with Gasteiger partial charge in [-0.15, -0.1) is 11.3 Å². The van der Waals surface area contributed by atoms with Crippen LogP contribution in [-0.4, -0.2) is 27.0 Å². The molecule has 0 spiro atoms. The van der Waals surface area contributed by atoms with Gasteiger partial charge in [0.05, 0.1) is 5.39 Å². The van der Waals surface area contributed by atoms with E-state index >= 15 is 0 Å². The first-order valence-corrected chi connectivity index (χ1v) is 6.32. The zero-order valence-corrected chi connectivity index (χ0v) is 10.8. The van der Waals surface area contributed by atoms with Crippen molar-refractivity contribution < 1.29 is 0 Å². The predicted octanol–water partition coefficient (Wildman–Crippen LogP) is 2.50. The minimum absolute atomic E-state index is 0.621. The van der Waals surface area contributed by atoms with Gasteiger partial charge in [0.2, 0.25) is 0 Å². The van der Waals surface area contributed by atoms with E-state index in [0.717, 1.165) is 21.7 Å². The molecule has 0 aliphatic carbocycles. The van der Waals surface area contributed by atoms with E-state index in [2.05, 4.69) is 38.2 Å². The van der Waals surface area contributed by atoms with Crippen LogP contribution in [0.15, 0.2) is 24.7 Å². The summed E-state index contributed by atoms with van der Waals surface area (Å²) in [7, 11) is 1.86. The molecule has 18 heavy (non-hydrogen) atoms. The van der Waals surface area contributed by atoms with E-state index in [1.54, 1.807) is 23.6 Å². The Morgan fingerprint density at radius 1 is 1.28 bits per heavy atom. The molecule has 0 fully saturated rings. The van der Waals surface area contributed by atoms with Crippen molar-refractivity contribution in [2.45, 2.75) is 6.92 Å². The first kappa shape index (κ1) is 11.0. The molecule has 3 heterocycles. The largest absolute Gasteiger partial charge is 0.372 e. The van der Waals surface area contributed by atoms with Crippen LogP contribution < -0.4 is 5.32 Å². The van der Waals surface area contributed by atoms with Crippen molar-refractivity contribution in [1.82, 2.24) is 19.9 Å². The summed E-state index contributed by atoms with van der Waals surface area (Å²) < 4.78 is 0. The van der Waals surface area contributed by atoms with Crippen LogP contribution in [0.5, 0.6) is 0 Å². The fourth-order valence-electron chi connectivity index (χ4n) is 1.77. The van der Waals surface area contributed by atoms with Crippen LogP contribution >= 0.6 is 11.3 Å². The molecule has 0 aliphatic heterocycles. The normalized spacial score (nSPS) is 10.8. The number of hydrogen-bond donors (Lipinski definition) is 1. The van der Waals surface area contributed by atoms with Gasteiger partial charge in [-0.1, -0.05) is 0 Å². The third-order valence-corrected chi connectivity index (χ3v) is 3.51. The molecule has 90 valence electrons. The summed E-state index contributed by atoms with van der Waals surface area (Å²) in [4.78, 5) is 19.3. The van der Waals surface area contributed by atoms with Crippen LogP contribution in [-0.2, 0) is 0 Å². The smallest absolute Gasteiger partial charge is 0.181 e. The van der Waals surface area contributed by atoms with E-state index < -0.39 is 0 Å². The average Bonchev–Trinajstić information content (AvgIpc) is 2.78. The van der Waals surface area contributed by atoms with E-state index in [0.29, 0.717) is 5.82 Å². The van der Waals surface area contributed by atoms with Gasteiger partial charge in [0.1, 0.15) is 22.7 Å². The number of hydrogen-bond acceptors (Lipinski definition) is 6. The number of anilines is 1. The number of rotatable bonds is 2. The molecule has 0 unspecified atom stereocenters. The van der Waals surface area contributed by atoms with Crippen molar-refractivity contribution in [3.8, 4) is 11.5 Å². The Morgan fingerprint density at radius 2 is 2.17 bits per heavy atom. The molecule has 3 aromatic heterocycles. The van der Waals surface area contributed by atoms with Gasteiger partial charge in [-0.05, 0) is 19.1 Å². The molecule has 0 amide bonds. The average molecular weight is 257 g/mol. The topological polar surface area (TPSA) is 63.6 Å². The molecule has 5 nitrogen and oxygen atoms in total. The van der Waals surface area contributed by atoms with E-state index in [1.807, 2.05) is 7.05 Å². The number of nitrogens with one attached hydrogen (secondary N) is 1. The number of fused-ring (bicyclic) bond motifs is 1. The quantitative estimate of drug-likeness (QED) is 0.764. The maximum Gasteiger partial charge on any atom is 0.181 e. The van der Waals surface area contributed by atoms with Crippen molar-refractivity contribution in [2.24, 2.45) is 0 Å². The van der Waals surface area contributed by atoms with Crippen LogP contribution in [0.25, 0.3) is 21.7 Å². The Labute approximate surface area is 108 Å². The van der Waals surface area contributed by atoms with Gasteiger partial charge in [0, 0.05) is 18.1 Å². The summed E-state index contributed by atoms with van der Waals surface area (Å²) in [6.07, 6.45) is 3.19. The molecule has 3 rings (SSSR count). The monoisotopic (exact) mass is 257 g/mol. The SMILES string of the molecule is CNc1nc(-c2ccncn2)nc2sc(C)cc12. The van der Waals surface area contributed by atoms with Crippen molar-refractivity contribution in [3.63, 3.8) is 0 Å². The second-order valence-electron chi connectivity index (χ2n) is 3.82. The van der Waals surface area contributed by atoms with Crippen molar-refractivity contribution in [3.05, 3.63) is 29.5 Å². The fourth-order valence-corrected chi connectivity index (χ4v) is 2.65. The highest BCUT2D eigenvalue weighted by molar-refractivity contribution is 7.18. The van der Waals surface area contributed by atoms with E-state index in [9.17, 15) is 0 Å². The maximum absolute atomic E-state index is 4.55. The summed E-state index contributed by atoms with van der Waals surface area (Å²) >= 11 is 1.66. The zero-order valence-electron chi connectivity index (χ0n) is 10.0. The molecular formula is C12H11N5S. The Kier molecular flexibility index (Phi) is 2.64. The number of nitrogens with zero attached hydrogens (tertiary/aromatic N) is 4. The van der Waals surface area contributed by atoms with E-state index in [4.69, 9.17) is 0 Å². The molecule has 0 aliphatic rings. The Hall–Kier alpha value is -2.08. The summed E-state index contributed by atoms with van der Waals surface area (Å²) in [6.45, 7) is 2.07. The second-order valence-corrected chi connectivity index (χ2v) is 5.05. The number of aromatic nitrogens is 4. The fraction of sp³-hybridized carbons (Fsp3) is 0.167. The van der Waals surface area contributed by atoms with Gasteiger partial charge < -0.3 is 5.32 Å². The van der Waals surface area contributed by atoms with Crippen molar-refractivity contribution >= 4 is 27.4 Å². The number of thiophene rings is 1. The Morgan fingerprint density at radius 3 is 2.89 bits per heavy atom. The lowest BCUT2D eigenvalue weighted by atomic mass is 10.3. The summed E-state index contributed by atoms with van der Waals surface area (Å²) in [6, 6.07) is 3.90. The summed E-state index contributed by atoms with van der Waals surface area (Å²) in [5.74, 6) is 1.45. The molecule has 3 aromatic rings. The van der Waals surface area contributed by atoms with Crippen molar-refractivity contribution in [2.75, 3.05) is 12.4 Å². The van der Waals surface area contributed by atoms with Gasteiger partial charge in [-0.3, -0.25) is 0 Å². The van der Waals surface area contributed by atoms with E-state index in [1.165, 1.54) is 11.2 Å². The predicted molar refractivity (Wildman–Crippen MR) is 72.7 cm³/mol. The summed E-state index contributed by atoms with van der Waals surface area (Å²) in [5, 5.41) is 4.16. The van der Waals surface area contributed by atoms with Gasteiger partial charge >= 0.3 is 0 Å². The first-order valence-electron chi connectivity index (χ1n) is 5.50. The molecule has 1 N–H and O–H groups in total. The highest BCUT2D eigenvalue weighted by Crippen LogP contribution is 2.30. The second kappa shape index (κ2) is 4.30.